The normalized spacial score (nSPS) is 9.93. The van der Waals surface area contributed by atoms with Gasteiger partial charge in [-0.15, -0.1) is 4.91 Å². The number of hydrogen-bond acceptors (Lipinski definition) is 3. The molecule has 0 unspecified atom stereocenters. The van der Waals surface area contributed by atoms with Gasteiger partial charge < -0.3 is 5.32 Å². The van der Waals surface area contributed by atoms with Crippen molar-refractivity contribution < 1.29 is 4.79 Å². The van der Waals surface area contributed by atoms with Gasteiger partial charge in [0.1, 0.15) is 5.69 Å². The number of hydrogen-bond donors (Lipinski definition) is 1. The van der Waals surface area contributed by atoms with E-state index < -0.39 is 0 Å². The average molecular weight is 192 g/mol. The zero-order valence-corrected chi connectivity index (χ0v) is 8.15. The number of carbonyl (C=O) groups excluding carboxylic acids is 1. The van der Waals surface area contributed by atoms with E-state index in [1.165, 1.54) is 0 Å². The number of carbonyl (C=O) groups is 1. The van der Waals surface area contributed by atoms with E-state index in [4.69, 9.17) is 0 Å². The molecule has 1 N–H and O–H groups in total. The minimum Gasteiger partial charge on any atom is -0.324 e. The molecule has 0 saturated carbocycles. The maximum Gasteiger partial charge on any atom is 0.226 e. The molecule has 4 nitrogen and oxygen atoms in total. The number of para-hydroxylation sites is 1. The van der Waals surface area contributed by atoms with Crippen LogP contribution in [0.1, 0.15) is 13.8 Å². The van der Waals surface area contributed by atoms with Gasteiger partial charge in [0.2, 0.25) is 5.91 Å². The summed E-state index contributed by atoms with van der Waals surface area (Å²) in [6, 6.07) is 6.65. The minimum atomic E-state index is -0.124. The van der Waals surface area contributed by atoms with E-state index >= 15 is 0 Å². The molecular formula is C10H12N2O2. The molecule has 0 bridgehead atoms. The second-order valence-corrected chi connectivity index (χ2v) is 3.25. The second kappa shape index (κ2) is 4.50. The van der Waals surface area contributed by atoms with Gasteiger partial charge in [0.15, 0.2) is 0 Å². The Kier molecular flexibility index (Phi) is 3.34. The van der Waals surface area contributed by atoms with E-state index in [9.17, 15) is 9.70 Å². The number of rotatable bonds is 3. The SMILES string of the molecule is CC(C)C(=O)Nc1ccccc1N=O. The molecule has 1 aromatic rings. The second-order valence-electron chi connectivity index (χ2n) is 3.25. The molecule has 1 rings (SSSR count). The first-order valence-electron chi connectivity index (χ1n) is 4.38. The van der Waals surface area contributed by atoms with Gasteiger partial charge in [-0.2, -0.15) is 0 Å². The monoisotopic (exact) mass is 192 g/mol. The lowest BCUT2D eigenvalue weighted by molar-refractivity contribution is -0.118. The van der Waals surface area contributed by atoms with E-state index in [0.29, 0.717) is 5.69 Å². The van der Waals surface area contributed by atoms with Crippen molar-refractivity contribution in [2.24, 2.45) is 11.1 Å². The first kappa shape index (κ1) is 10.4. The molecule has 1 aromatic carbocycles. The van der Waals surface area contributed by atoms with Gasteiger partial charge in [-0.25, -0.2) is 0 Å². The Balaban J connectivity index is 2.85. The van der Waals surface area contributed by atoms with Crippen LogP contribution in [-0.4, -0.2) is 5.91 Å². The highest BCUT2D eigenvalue weighted by molar-refractivity contribution is 5.94. The average Bonchev–Trinajstić information content (AvgIpc) is 2.18. The summed E-state index contributed by atoms with van der Waals surface area (Å²) in [6.45, 7) is 3.57. The minimum absolute atomic E-state index is 0.116. The fourth-order valence-electron chi connectivity index (χ4n) is 0.936. The molecule has 0 fully saturated rings. The number of nitrogens with one attached hydrogen (secondary N) is 1. The Bertz CT molecular complexity index is 348. The van der Waals surface area contributed by atoms with E-state index in [1.54, 1.807) is 38.1 Å². The number of amides is 1. The van der Waals surface area contributed by atoms with Gasteiger partial charge in [0, 0.05) is 5.92 Å². The lowest BCUT2D eigenvalue weighted by Gasteiger charge is -2.08. The molecule has 0 heterocycles. The number of nitroso groups, excluding NO2 is 1. The molecule has 14 heavy (non-hydrogen) atoms. The third-order valence-corrected chi connectivity index (χ3v) is 1.78. The van der Waals surface area contributed by atoms with Crippen molar-refractivity contribution in [1.82, 2.24) is 0 Å². The van der Waals surface area contributed by atoms with Gasteiger partial charge >= 0.3 is 0 Å². The van der Waals surface area contributed by atoms with Gasteiger partial charge in [-0.1, -0.05) is 26.0 Å². The third kappa shape index (κ3) is 2.39. The van der Waals surface area contributed by atoms with Crippen LogP contribution in [0.3, 0.4) is 0 Å². The molecule has 0 atom stereocenters. The Morgan fingerprint density at radius 1 is 1.36 bits per heavy atom. The van der Waals surface area contributed by atoms with E-state index in [-0.39, 0.29) is 17.5 Å². The summed E-state index contributed by atoms with van der Waals surface area (Å²) in [5, 5.41) is 5.45. The number of anilines is 1. The molecule has 4 heteroatoms. The molecule has 0 spiro atoms. The topological polar surface area (TPSA) is 58.5 Å². The smallest absolute Gasteiger partial charge is 0.226 e. The number of benzene rings is 1. The summed E-state index contributed by atoms with van der Waals surface area (Å²) in [5.74, 6) is -0.240. The summed E-state index contributed by atoms with van der Waals surface area (Å²) in [5.41, 5.74) is 0.711. The standard InChI is InChI=1S/C10H12N2O2/c1-7(2)10(13)11-8-5-3-4-6-9(8)12-14/h3-7H,1-2H3,(H,11,13). The fraction of sp³-hybridized carbons (Fsp3) is 0.300. The maximum absolute atomic E-state index is 11.3. The van der Waals surface area contributed by atoms with Crippen LogP contribution < -0.4 is 5.32 Å². The Hall–Kier alpha value is -1.71. The van der Waals surface area contributed by atoms with Crippen molar-refractivity contribution in [3.63, 3.8) is 0 Å². The molecule has 0 aliphatic heterocycles. The van der Waals surface area contributed by atoms with Crippen LogP contribution in [0.5, 0.6) is 0 Å². The van der Waals surface area contributed by atoms with Crippen molar-refractivity contribution in [3.8, 4) is 0 Å². The summed E-state index contributed by atoms with van der Waals surface area (Å²) in [6.07, 6.45) is 0. The van der Waals surface area contributed by atoms with Gasteiger partial charge in [0.25, 0.3) is 0 Å². The van der Waals surface area contributed by atoms with Crippen LogP contribution in [0.25, 0.3) is 0 Å². The zero-order valence-electron chi connectivity index (χ0n) is 8.15. The first-order valence-corrected chi connectivity index (χ1v) is 4.38. The van der Waals surface area contributed by atoms with Gasteiger partial charge in [0.05, 0.1) is 5.69 Å². The molecule has 0 aromatic heterocycles. The third-order valence-electron chi connectivity index (χ3n) is 1.78. The predicted octanol–water partition coefficient (Wildman–Crippen LogP) is 2.68. The van der Waals surface area contributed by atoms with Crippen molar-refractivity contribution >= 4 is 17.3 Å². The molecule has 0 aliphatic carbocycles. The van der Waals surface area contributed by atoms with Crippen LogP contribution in [0.2, 0.25) is 0 Å². The predicted molar refractivity (Wildman–Crippen MR) is 55.4 cm³/mol. The van der Waals surface area contributed by atoms with E-state index in [2.05, 4.69) is 10.5 Å². The fourth-order valence-corrected chi connectivity index (χ4v) is 0.936. The van der Waals surface area contributed by atoms with Crippen molar-refractivity contribution in [2.45, 2.75) is 13.8 Å². The van der Waals surface area contributed by atoms with Crippen LogP contribution in [0, 0.1) is 10.8 Å². The van der Waals surface area contributed by atoms with Gasteiger partial charge in [-0.3, -0.25) is 4.79 Å². The maximum atomic E-state index is 11.3. The Morgan fingerprint density at radius 3 is 2.57 bits per heavy atom. The van der Waals surface area contributed by atoms with E-state index in [0.717, 1.165) is 0 Å². The van der Waals surface area contributed by atoms with Crippen LogP contribution in [-0.2, 0) is 4.79 Å². The van der Waals surface area contributed by atoms with Crippen LogP contribution >= 0.6 is 0 Å². The first-order chi connectivity index (χ1) is 6.65. The lowest BCUT2D eigenvalue weighted by atomic mass is 10.2. The summed E-state index contributed by atoms with van der Waals surface area (Å²) >= 11 is 0. The molecule has 0 aliphatic rings. The van der Waals surface area contributed by atoms with Crippen molar-refractivity contribution in [1.29, 1.82) is 0 Å². The zero-order chi connectivity index (χ0) is 10.6. The summed E-state index contributed by atoms with van der Waals surface area (Å²) in [4.78, 5) is 21.7. The largest absolute Gasteiger partial charge is 0.324 e. The van der Waals surface area contributed by atoms with Gasteiger partial charge in [-0.05, 0) is 17.3 Å². The molecule has 74 valence electrons. The van der Waals surface area contributed by atoms with Crippen molar-refractivity contribution in [3.05, 3.63) is 29.2 Å². The molecule has 0 saturated heterocycles. The lowest BCUT2D eigenvalue weighted by Crippen LogP contribution is -2.17. The summed E-state index contributed by atoms with van der Waals surface area (Å²) < 4.78 is 0. The van der Waals surface area contributed by atoms with Crippen LogP contribution in [0.15, 0.2) is 29.4 Å². The molecule has 1 amide bonds. The summed E-state index contributed by atoms with van der Waals surface area (Å²) in [7, 11) is 0. The highest BCUT2D eigenvalue weighted by Crippen LogP contribution is 2.23. The number of nitrogens with zero attached hydrogens (tertiary/aromatic N) is 1. The van der Waals surface area contributed by atoms with Crippen LogP contribution in [0.4, 0.5) is 11.4 Å². The highest BCUT2D eigenvalue weighted by Gasteiger charge is 2.09. The Morgan fingerprint density at radius 2 is 2.00 bits per heavy atom. The molecule has 0 radical (unpaired) electrons. The molecular weight excluding hydrogens is 180 g/mol. The quantitative estimate of drug-likeness (QED) is 0.748. The Labute approximate surface area is 82.3 Å². The highest BCUT2D eigenvalue weighted by atomic mass is 16.3. The van der Waals surface area contributed by atoms with E-state index in [1.807, 2.05) is 0 Å². The van der Waals surface area contributed by atoms with Crippen molar-refractivity contribution in [2.75, 3.05) is 5.32 Å².